The van der Waals surface area contributed by atoms with Gasteiger partial charge in [-0.05, 0) is 18.2 Å². The first-order valence-corrected chi connectivity index (χ1v) is 5.81. The molecule has 1 unspecified atom stereocenters. The predicted molar refractivity (Wildman–Crippen MR) is 67.9 cm³/mol. The van der Waals surface area contributed by atoms with E-state index in [0.29, 0.717) is 15.7 Å². The molecule has 0 N–H and O–H groups in total. The highest BCUT2D eigenvalue weighted by Gasteiger charge is 2.44. The summed E-state index contributed by atoms with van der Waals surface area (Å²) >= 11 is 11.7. The Labute approximate surface area is 114 Å². The number of ether oxygens (including phenoxy) is 1. The number of hydrogen-bond acceptors (Lipinski definition) is 3. The van der Waals surface area contributed by atoms with E-state index < -0.39 is 18.2 Å². The van der Waals surface area contributed by atoms with Gasteiger partial charge in [-0.15, -0.1) is 0 Å². The first kappa shape index (κ1) is 13.1. The van der Waals surface area contributed by atoms with E-state index in [-0.39, 0.29) is 0 Å². The molecule has 0 aromatic heterocycles. The molecule has 1 aromatic carbocycles. The number of benzene rings is 1. The molecule has 7 heteroatoms. The third-order valence-electron chi connectivity index (χ3n) is 2.61. The van der Waals surface area contributed by atoms with Crippen LogP contribution in [-0.2, 0) is 9.53 Å². The number of carbonyl (C=O) groups excluding carboxylic acids is 2. The van der Waals surface area contributed by atoms with Crippen molar-refractivity contribution in [3.05, 3.63) is 28.2 Å². The van der Waals surface area contributed by atoms with E-state index in [2.05, 4.69) is 0 Å². The van der Waals surface area contributed by atoms with Crippen molar-refractivity contribution in [1.29, 1.82) is 0 Å². The molecule has 96 valence electrons. The zero-order valence-electron chi connectivity index (χ0n) is 9.68. The third-order valence-corrected chi connectivity index (χ3v) is 3.04. The number of imide groups is 1. The second-order valence-electron chi connectivity index (χ2n) is 3.78. The maximum atomic E-state index is 12.0. The molecule has 0 aliphatic carbocycles. The Morgan fingerprint density at radius 2 is 1.72 bits per heavy atom. The number of carbonyl (C=O) groups is 2. The molecule has 0 radical (unpaired) electrons. The predicted octanol–water partition coefficient (Wildman–Crippen LogP) is 2.36. The van der Waals surface area contributed by atoms with Crippen LogP contribution in [0.4, 0.5) is 10.5 Å². The van der Waals surface area contributed by atoms with Crippen molar-refractivity contribution >= 4 is 40.8 Å². The summed E-state index contributed by atoms with van der Waals surface area (Å²) in [7, 11) is 2.85. The molecule has 1 atom stereocenters. The first-order valence-electron chi connectivity index (χ1n) is 5.05. The van der Waals surface area contributed by atoms with Crippen LogP contribution in [0.5, 0.6) is 0 Å². The summed E-state index contributed by atoms with van der Waals surface area (Å²) < 4.78 is 4.97. The zero-order valence-corrected chi connectivity index (χ0v) is 11.2. The van der Waals surface area contributed by atoms with Crippen LogP contribution in [0.1, 0.15) is 0 Å². The van der Waals surface area contributed by atoms with Crippen molar-refractivity contribution in [3.63, 3.8) is 0 Å². The van der Waals surface area contributed by atoms with E-state index in [1.807, 2.05) is 0 Å². The van der Waals surface area contributed by atoms with Gasteiger partial charge in [0.15, 0.2) is 0 Å². The van der Waals surface area contributed by atoms with Gasteiger partial charge in [0.05, 0.1) is 5.69 Å². The summed E-state index contributed by atoms with van der Waals surface area (Å²) in [5.41, 5.74) is 0.328. The number of methoxy groups -OCH3 is 1. The largest absolute Gasteiger partial charge is 0.353 e. The van der Waals surface area contributed by atoms with Crippen LogP contribution >= 0.6 is 23.2 Å². The first-order chi connectivity index (χ1) is 8.45. The summed E-state index contributed by atoms with van der Waals surface area (Å²) in [6.07, 6.45) is -0.921. The topological polar surface area (TPSA) is 49.9 Å². The average molecular weight is 289 g/mol. The Hall–Kier alpha value is -1.30. The zero-order chi connectivity index (χ0) is 13.4. The molecule has 0 bridgehead atoms. The number of likely N-dealkylation sites (N-methyl/N-ethyl adjacent to an activating group) is 1. The van der Waals surface area contributed by atoms with Gasteiger partial charge in [-0.3, -0.25) is 9.69 Å². The molecule has 0 saturated carbocycles. The average Bonchev–Trinajstić information content (AvgIpc) is 2.48. The summed E-state index contributed by atoms with van der Waals surface area (Å²) in [4.78, 5) is 26.2. The Balaban J connectivity index is 2.44. The molecule has 1 aromatic rings. The van der Waals surface area contributed by atoms with Crippen molar-refractivity contribution in [2.45, 2.75) is 6.23 Å². The fraction of sp³-hybridized carbons (Fsp3) is 0.273. The minimum atomic E-state index is -0.921. The Bertz CT molecular complexity index is 501. The number of hydrogen-bond donors (Lipinski definition) is 0. The van der Waals surface area contributed by atoms with E-state index in [9.17, 15) is 9.59 Å². The lowest BCUT2D eigenvalue weighted by Crippen LogP contribution is -2.32. The van der Waals surface area contributed by atoms with Crippen molar-refractivity contribution in [3.8, 4) is 0 Å². The maximum absolute atomic E-state index is 12.0. The molecule has 2 rings (SSSR count). The Morgan fingerprint density at radius 1 is 1.17 bits per heavy atom. The minimum absolute atomic E-state index is 0.328. The molecule has 1 fully saturated rings. The van der Waals surface area contributed by atoms with Gasteiger partial charge in [-0.25, -0.2) is 9.69 Å². The quantitative estimate of drug-likeness (QED) is 0.785. The SMILES string of the molecule is COC1C(=O)N(c2cc(Cl)cc(Cl)c2)C(=O)N1C. The molecule has 0 spiro atoms. The standard InChI is InChI=1S/C11H10Cl2N2O3/c1-14-10(18-2)9(16)15(11(14)17)8-4-6(12)3-7(13)5-8/h3-5,10H,1-2H3. The van der Waals surface area contributed by atoms with Crippen LogP contribution in [0.15, 0.2) is 18.2 Å². The lowest BCUT2D eigenvalue weighted by molar-refractivity contribution is -0.130. The molecular formula is C11H10Cl2N2O3. The number of anilines is 1. The van der Waals surface area contributed by atoms with E-state index in [4.69, 9.17) is 27.9 Å². The molecule has 1 saturated heterocycles. The number of nitrogens with zero attached hydrogens (tertiary/aromatic N) is 2. The van der Waals surface area contributed by atoms with Crippen molar-refractivity contribution in [2.24, 2.45) is 0 Å². The third kappa shape index (κ3) is 2.05. The van der Waals surface area contributed by atoms with E-state index in [1.54, 1.807) is 0 Å². The maximum Gasteiger partial charge on any atom is 0.333 e. The van der Waals surface area contributed by atoms with Gasteiger partial charge in [0, 0.05) is 24.2 Å². The van der Waals surface area contributed by atoms with Crippen molar-refractivity contribution in [2.75, 3.05) is 19.1 Å². The molecule has 1 aliphatic rings. The minimum Gasteiger partial charge on any atom is -0.353 e. The highest BCUT2D eigenvalue weighted by atomic mass is 35.5. The van der Waals surface area contributed by atoms with Crippen molar-refractivity contribution < 1.29 is 14.3 Å². The van der Waals surface area contributed by atoms with Crippen LogP contribution in [0, 0.1) is 0 Å². The van der Waals surface area contributed by atoms with Crippen LogP contribution in [0.3, 0.4) is 0 Å². The van der Waals surface area contributed by atoms with E-state index >= 15 is 0 Å². The second kappa shape index (κ2) is 4.76. The number of amides is 3. The molecular weight excluding hydrogens is 279 g/mol. The van der Waals surface area contributed by atoms with Gasteiger partial charge in [0.25, 0.3) is 5.91 Å². The van der Waals surface area contributed by atoms with Crippen LogP contribution < -0.4 is 4.90 Å². The summed E-state index contributed by atoms with van der Waals surface area (Å²) in [6, 6.07) is 4.03. The lowest BCUT2D eigenvalue weighted by Gasteiger charge is -2.14. The number of rotatable bonds is 2. The number of urea groups is 1. The Morgan fingerprint density at radius 3 is 2.17 bits per heavy atom. The van der Waals surface area contributed by atoms with Gasteiger partial charge < -0.3 is 4.74 Å². The van der Waals surface area contributed by atoms with Gasteiger partial charge in [-0.1, -0.05) is 23.2 Å². The molecule has 18 heavy (non-hydrogen) atoms. The summed E-state index contributed by atoms with van der Waals surface area (Å²) in [6.45, 7) is 0. The number of halogens is 2. The molecule has 5 nitrogen and oxygen atoms in total. The summed E-state index contributed by atoms with van der Waals surface area (Å²) in [5.74, 6) is -0.469. The normalized spacial score (nSPS) is 19.9. The lowest BCUT2D eigenvalue weighted by atomic mass is 10.3. The van der Waals surface area contributed by atoms with E-state index in [0.717, 1.165) is 4.90 Å². The van der Waals surface area contributed by atoms with Gasteiger partial charge >= 0.3 is 6.03 Å². The Kier molecular flexibility index (Phi) is 3.47. The van der Waals surface area contributed by atoms with Crippen molar-refractivity contribution in [1.82, 2.24) is 4.90 Å². The molecule has 1 heterocycles. The monoisotopic (exact) mass is 288 g/mol. The highest BCUT2D eigenvalue weighted by molar-refractivity contribution is 6.35. The highest BCUT2D eigenvalue weighted by Crippen LogP contribution is 2.29. The van der Waals surface area contributed by atoms with Crippen LogP contribution in [0.25, 0.3) is 0 Å². The van der Waals surface area contributed by atoms with Gasteiger partial charge in [-0.2, -0.15) is 0 Å². The molecule has 3 amide bonds. The van der Waals surface area contributed by atoms with E-state index in [1.165, 1.54) is 37.3 Å². The fourth-order valence-corrected chi connectivity index (χ4v) is 2.31. The summed E-state index contributed by atoms with van der Waals surface area (Å²) in [5, 5.41) is 0.697. The van der Waals surface area contributed by atoms with Crippen LogP contribution in [-0.4, -0.2) is 37.2 Å². The van der Waals surface area contributed by atoms with Crippen LogP contribution in [0.2, 0.25) is 10.0 Å². The smallest absolute Gasteiger partial charge is 0.333 e. The second-order valence-corrected chi connectivity index (χ2v) is 4.66. The van der Waals surface area contributed by atoms with Gasteiger partial charge in [0.1, 0.15) is 0 Å². The fourth-order valence-electron chi connectivity index (χ4n) is 1.79. The van der Waals surface area contributed by atoms with Gasteiger partial charge in [0.2, 0.25) is 6.23 Å². The molecule has 1 aliphatic heterocycles.